The first-order valence-corrected chi connectivity index (χ1v) is 6.17. The molecule has 0 radical (unpaired) electrons. The van der Waals surface area contributed by atoms with Crippen molar-refractivity contribution in [2.75, 3.05) is 6.54 Å². The molecular formula is C12H16Cl3N5. The minimum Gasteiger partial charge on any atom is -0.370 e. The van der Waals surface area contributed by atoms with E-state index >= 15 is 0 Å². The second kappa shape index (κ2) is 8.68. The molecule has 0 fully saturated rings. The van der Waals surface area contributed by atoms with E-state index in [1.54, 1.807) is 29.2 Å². The summed E-state index contributed by atoms with van der Waals surface area (Å²) >= 11 is 11.9. The van der Waals surface area contributed by atoms with Gasteiger partial charge in [0.05, 0.1) is 0 Å². The van der Waals surface area contributed by atoms with Crippen LogP contribution in [-0.4, -0.2) is 23.4 Å². The molecule has 110 valence electrons. The van der Waals surface area contributed by atoms with Gasteiger partial charge < -0.3 is 16.4 Å². The molecule has 1 rings (SSSR count). The molecule has 0 heterocycles. The molecule has 20 heavy (non-hydrogen) atoms. The number of nitrogens with two attached hydrogens (primary N) is 2. The Labute approximate surface area is 134 Å². The van der Waals surface area contributed by atoms with Gasteiger partial charge in [-0.1, -0.05) is 35.3 Å². The lowest BCUT2D eigenvalue weighted by Gasteiger charge is -2.21. The lowest BCUT2D eigenvalue weighted by molar-refractivity contribution is 0.448. The third-order valence-corrected chi connectivity index (χ3v) is 2.85. The van der Waals surface area contributed by atoms with Crippen LogP contribution in [0.15, 0.2) is 35.8 Å². The van der Waals surface area contributed by atoms with Crippen molar-refractivity contribution in [1.82, 2.24) is 4.90 Å². The number of hydrogen-bond donors (Lipinski definition) is 3. The lowest BCUT2D eigenvalue weighted by atomic mass is 10.2. The van der Waals surface area contributed by atoms with E-state index in [0.29, 0.717) is 23.1 Å². The molecule has 0 amide bonds. The lowest BCUT2D eigenvalue weighted by Crippen LogP contribution is -2.33. The average Bonchev–Trinajstić information content (AvgIpc) is 2.30. The van der Waals surface area contributed by atoms with Gasteiger partial charge in [0.2, 0.25) is 5.96 Å². The Hall–Kier alpha value is -1.43. The van der Waals surface area contributed by atoms with Crippen LogP contribution in [0, 0.1) is 5.41 Å². The fourth-order valence-electron chi connectivity index (χ4n) is 1.43. The van der Waals surface area contributed by atoms with Gasteiger partial charge in [-0.2, -0.15) is 4.99 Å². The van der Waals surface area contributed by atoms with Gasteiger partial charge in [0.15, 0.2) is 5.96 Å². The molecule has 0 spiro atoms. The number of guanidine groups is 2. The quantitative estimate of drug-likeness (QED) is 0.448. The third-order valence-electron chi connectivity index (χ3n) is 2.26. The summed E-state index contributed by atoms with van der Waals surface area (Å²) in [5.74, 6) is -0.216. The highest BCUT2D eigenvalue weighted by Gasteiger charge is 2.11. The van der Waals surface area contributed by atoms with Gasteiger partial charge in [-0.3, -0.25) is 5.41 Å². The van der Waals surface area contributed by atoms with Gasteiger partial charge >= 0.3 is 0 Å². The second-order valence-electron chi connectivity index (χ2n) is 3.77. The van der Waals surface area contributed by atoms with E-state index in [1.165, 1.54) is 0 Å². The molecule has 0 saturated heterocycles. The number of hydrogen-bond acceptors (Lipinski definition) is 1. The average molecular weight is 337 g/mol. The number of nitrogens with one attached hydrogen (secondary N) is 1. The van der Waals surface area contributed by atoms with Crippen LogP contribution in [0.4, 0.5) is 0 Å². The number of aliphatic imine (C=N–C) groups is 1. The van der Waals surface area contributed by atoms with Gasteiger partial charge in [-0.25, -0.2) is 0 Å². The minimum absolute atomic E-state index is 0. The molecule has 0 saturated carbocycles. The molecule has 0 aliphatic carbocycles. The van der Waals surface area contributed by atoms with Crippen molar-refractivity contribution in [1.29, 1.82) is 5.41 Å². The number of benzene rings is 1. The van der Waals surface area contributed by atoms with Crippen LogP contribution in [0.3, 0.4) is 0 Å². The number of nitrogens with zero attached hydrogens (tertiary/aromatic N) is 2. The molecule has 5 N–H and O–H groups in total. The molecule has 5 nitrogen and oxygen atoms in total. The van der Waals surface area contributed by atoms with Gasteiger partial charge in [0.1, 0.15) is 0 Å². The van der Waals surface area contributed by atoms with Crippen molar-refractivity contribution < 1.29 is 0 Å². The minimum atomic E-state index is -0.165. The highest BCUT2D eigenvalue weighted by Crippen LogP contribution is 2.22. The maximum Gasteiger partial charge on any atom is 0.221 e. The Balaban J connectivity index is 0.00000361. The summed E-state index contributed by atoms with van der Waals surface area (Å²) in [6.45, 7) is 4.45. The van der Waals surface area contributed by atoms with E-state index in [0.717, 1.165) is 5.56 Å². The molecule has 8 heteroatoms. The monoisotopic (exact) mass is 335 g/mol. The summed E-state index contributed by atoms with van der Waals surface area (Å²) < 4.78 is 0. The smallest absolute Gasteiger partial charge is 0.221 e. The molecule has 0 bridgehead atoms. The molecule has 0 aliphatic rings. The first-order valence-electron chi connectivity index (χ1n) is 5.42. The van der Waals surface area contributed by atoms with Crippen molar-refractivity contribution in [3.05, 3.63) is 46.5 Å². The zero-order chi connectivity index (χ0) is 14.4. The highest BCUT2D eigenvalue weighted by atomic mass is 35.5. The van der Waals surface area contributed by atoms with E-state index in [1.807, 2.05) is 0 Å². The predicted molar refractivity (Wildman–Crippen MR) is 87.9 cm³/mol. The Morgan fingerprint density at radius 1 is 1.40 bits per heavy atom. The zero-order valence-electron chi connectivity index (χ0n) is 10.6. The largest absolute Gasteiger partial charge is 0.370 e. The van der Waals surface area contributed by atoms with Crippen molar-refractivity contribution in [3.8, 4) is 0 Å². The molecule has 0 unspecified atom stereocenters. The van der Waals surface area contributed by atoms with Crippen molar-refractivity contribution in [2.24, 2.45) is 16.5 Å². The SMILES string of the molecule is C=CCN(Cc1ccc(Cl)cc1Cl)C(=N)N=C(N)N.Cl. The molecule has 0 atom stereocenters. The van der Waals surface area contributed by atoms with Crippen LogP contribution >= 0.6 is 35.6 Å². The fourth-order valence-corrected chi connectivity index (χ4v) is 1.90. The van der Waals surface area contributed by atoms with E-state index in [4.69, 9.17) is 40.1 Å². The fraction of sp³-hybridized carbons (Fsp3) is 0.167. The summed E-state index contributed by atoms with van der Waals surface area (Å²) in [6, 6.07) is 5.18. The molecular weight excluding hydrogens is 321 g/mol. The van der Waals surface area contributed by atoms with Crippen molar-refractivity contribution >= 4 is 47.5 Å². The van der Waals surface area contributed by atoms with Crippen LogP contribution in [-0.2, 0) is 6.54 Å². The summed E-state index contributed by atoms with van der Waals surface area (Å²) in [6.07, 6.45) is 1.65. The second-order valence-corrected chi connectivity index (χ2v) is 4.61. The molecule has 0 aliphatic heterocycles. The van der Waals surface area contributed by atoms with Gasteiger partial charge in [-0.05, 0) is 17.7 Å². The van der Waals surface area contributed by atoms with E-state index in [2.05, 4.69) is 11.6 Å². The van der Waals surface area contributed by atoms with Crippen molar-refractivity contribution in [3.63, 3.8) is 0 Å². The van der Waals surface area contributed by atoms with Crippen LogP contribution in [0.1, 0.15) is 5.56 Å². The summed E-state index contributed by atoms with van der Waals surface area (Å²) in [5.41, 5.74) is 11.3. The standard InChI is InChI=1S/C12H15Cl2N5.ClH/c1-2-5-19(12(17)18-11(15)16)7-8-3-4-9(13)6-10(8)14;/h2-4,6H,1,5,7H2,(H5,15,16,17,18);1H. The molecule has 0 aromatic heterocycles. The van der Waals surface area contributed by atoms with Crippen molar-refractivity contribution in [2.45, 2.75) is 6.54 Å². The first kappa shape index (κ1) is 18.6. The van der Waals surface area contributed by atoms with E-state index in [-0.39, 0.29) is 24.3 Å². The summed E-state index contributed by atoms with van der Waals surface area (Å²) in [5, 5.41) is 8.89. The maximum absolute atomic E-state index is 7.80. The third kappa shape index (κ3) is 5.69. The van der Waals surface area contributed by atoms with E-state index in [9.17, 15) is 0 Å². The van der Waals surface area contributed by atoms with Crippen LogP contribution < -0.4 is 11.5 Å². The Morgan fingerprint density at radius 3 is 2.55 bits per heavy atom. The maximum atomic E-state index is 7.80. The topological polar surface area (TPSA) is 91.5 Å². The molecule has 1 aromatic carbocycles. The van der Waals surface area contributed by atoms with Gasteiger partial charge in [0, 0.05) is 23.1 Å². The summed E-state index contributed by atoms with van der Waals surface area (Å²) in [7, 11) is 0. The van der Waals surface area contributed by atoms with Crippen LogP contribution in [0.5, 0.6) is 0 Å². The predicted octanol–water partition coefficient (Wildman–Crippen LogP) is 2.61. The van der Waals surface area contributed by atoms with Crippen LogP contribution in [0.2, 0.25) is 10.0 Å². The number of rotatable bonds is 4. The van der Waals surface area contributed by atoms with Crippen LogP contribution in [0.25, 0.3) is 0 Å². The first-order chi connectivity index (χ1) is 8.93. The number of halogens is 3. The van der Waals surface area contributed by atoms with E-state index < -0.39 is 0 Å². The van der Waals surface area contributed by atoms with Gasteiger partial charge in [-0.15, -0.1) is 19.0 Å². The zero-order valence-corrected chi connectivity index (χ0v) is 13.0. The molecule has 1 aromatic rings. The Bertz CT molecular complexity index is 512. The Kier molecular flexibility index (Phi) is 8.06. The van der Waals surface area contributed by atoms with Gasteiger partial charge in [0.25, 0.3) is 0 Å². The highest BCUT2D eigenvalue weighted by molar-refractivity contribution is 6.35. The normalized spacial score (nSPS) is 9.30. The summed E-state index contributed by atoms with van der Waals surface area (Å²) in [4.78, 5) is 5.33. The Morgan fingerprint density at radius 2 is 2.05 bits per heavy atom.